The Bertz CT molecular complexity index is 459. The number of nitrogen functional groups attached to an aromatic ring is 1. The fourth-order valence-corrected chi connectivity index (χ4v) is 1.85. The van der Waals surface area contributed by atoms with E-state index in [9.17, 15) is 9.59 Å². The van der Waals surface area contributed by atoms with Crippen LogP contribution < -0.4 is 11.1 Å². The fraction of sp³-hybridized carbons (Fsp3) is 0.385. The van der Waals surface area contributed by atoms with Crippen molar-refractivity contribution in [1.29, 1.82) is 0 Å². The van der Waals surface area contributed by atoms with Gasteiger partial charge in [0.25, 0.3) is 0 Å². The van der Waals surface area contributed by atoms with Crippen molar-refractivity contribution in [3.8, 4) is 0 Å². The monoisotopic (exact) mass is 263 g/mol. The van der Waals surface area contributed by atoms with Crippen LogP contribution in [0.5, 0.6) is 0 Å². The number of anilines is 2. The Kier molecular flexibility index (Phi) is 4.22. The van der Waals surface area contributed by atoms with Crippen LogP contribution in [0.15, 0.2) is 24.3 Å². The Balaban J connectivity index is 1.69. The second-order valence-corrected chi connectivity index (χ2v) is 4.38. The predicted octanol–water partition coefficient (Wildman–Crippen LogP) is 1.44. The number of carbonyl (C=O) groups excluding carboxylic acids is 2. The second kappa shape index (κ2) is 6.08. The van der Waals surface area contributed by atoms with Crippen molar-refractivity contribution in [2.45, 2.75) is 12.8 Å². The van der Waals surface area contributed by atoms with Crippen LogP contribution >= 0.6 is 0 Å². The lowest BCUT2D eigenvalue weighted by atomic mass is 10.2. The topological polar surface area (TPSA) is 84.7 Å². The van der Waals surface area contributed by atoms with E-state index in [1.54, 1.807) is 29.2 Å². The van der Waals surface area contributed by atoms with Gasteiger partial charge in [-0.1, -0.05) is 0 Å². The van der Waals surface area contributed by atoms with Crippen molar-refractivity contribution in [3.05, 3.63) is 24.3 Å². The Morgan fingerprint density at radius 3 is 2.74 bits per heavy atom. The fourth-order valence-electron chi connectivity index (χ4n) is 1.85. The molecule has 6 nitrogen and oxygen atoms in total. The number of amides is 2. The molecule has 2 amide bonds. The molecule has 1 aromatic rings. The Morgan fingerprint density at radius 1 is 1.37 bits per heavy atom. The number of nitrogens with one attached hydrogen (secondary N) is 1. The molecule has 2 rings (SSSR count). The zero-order valence-electron chi connectivity index (χ0n) is 10.6. The van der Waals surface area contributed by atoms with Gasteiger partial charge in [0.05, 0.1) is 6.54 Å². The minimum atomic E-state index is -0.293. The lowest BCUT2D eigenvalue weighted by Gasteiger charge is -2.11. The predicted molar refractivity (Wildman–Crippen MR) is 71.6 cm³/mol. The molecule has 1 heterocycles. The van der Waals surface area contributed by atoms with Crippen LogP contribution in [0.3, 0.4) is 0 Å². The molecule has 1 aliphatic rings. The average Bonchev–Trinajstić information content (AvgIpc) is 2.78. The molecule has 0 unspecified atom stereocenters. The Morgan fingerprint density at radius 2 is 2.11 bits per heavy atom. The molecule has 0 aromatic heterocycles. The molecule has 0 spiro atoms. The van der Waals surface area contributed by atoms with Crippen LogP contribution in [0.25, 0.3) is 0 Å². The SMILES string of the molecule is Nc1ccc(NC(=O)CCCN2CCOC2=O)cc1. The molecule has 1 fully saturated rings. The maximum Gasteiger partial charge on any atom is 0.409 e. The van der Waals surface area contributed by atoms with Gasteiger partial charge < -0.3 is 20.7 Å². The molecule has 3 N–H and O–H groups in total. The first kappa shape index (κ1) is 13.2. The highest BCUT2D eigenvalue weighted by molar-refractivity contribution is 5.90. The van der Waals surface area contributed by atoms with Crippen molar-refractivity contribution in [3.63, 3.8) is 0 Å². The van der Waals surface area contributed by atoms with Crippen molar-refractivity contribution in [2.75, 3.05) is 30.7 Å². The highest BCUT2D eigenvalue weighted by Gasteiger charge is 2.21. The van der Waals surface area contributed by atoms with Crippen LogP contribution in [0.2, 0.25) is 0 Å². The zero-order valence-corrected chi connectivity index (χ0v) is 10.6. The molecule has 1 aromatic carbocycles. The highest BCUT2D eigenvalue weighted by Crippen LogP contribution is 2.11. The second-order valence-electron chi connectivity index (χ2n) is 4.38. The van der Waals surface area contributed by atoms with Gasteiger partial charge in [-0.15, -0.1) is 0 Å². The van der Waals surface area contributed by atoms with E-state index in [-0.39, 0.29) is 12.0 Å². The van der Waals surface area contributed by atoms with E-state index < -0.39 is 0 Å². The normalized spacial score (nSPS) is 14.3. The molecular formula is C13H17N3O3. The molecule has 0 aliphatic carbocycles. The van der Waals surface area contributed by atoms with Gasteiger partial charge in [-0.2, -0.15) is 0 Å². The Labute approximate surface area is 111 Å². The molecule has 19 heavy (non-hydrogen) atoms. The summed E-state index contributed by atoms with van der Waals surface area (Å²) in [7, 11) is 0. The van der Waals surface area contributed by atoms with Gasteiger partial charge >= 0.3 is 6.09 Å². The molecule has 0 saturated carbocycles. The third kappa shape index (κ3) is 3.87. The number of hydrogen-bond donors (Lipinski definition) is 2. The standard InChI is InChI=1S/C13H17N3O3/c14-10-3-5-11(6-4-10)15-12(17)2-1-7-16-8-9-19-13(16)18/h3-6H,1-2,7-9,14H2,(H,15,17). The number of carbonyl (C=O) groups is 2. The van der Waals surface area contributed by atoms with Crippen molar-refractivity contribution < 1.29 is 14.3 Å². The van der Waals surface area contributed by atoms with Gasteiger partial charge in [-0.25, -0.2) is 4.79 Å². The summed E-state index contributed by atoms with van der Waals surface area (Å²) in [6, 6.07) is 6.97. The van der Waals surface area contributed by atoms with Crippen molar-refractivity contribution in [2.24, 2.45) is 0 Å². The van der Waals surface area contributed by atoms with E-state index in [1.165, 1.54) is 0 Å². The first-order valence-electron chi connectivity index (χ1n) is 6.22. The van der Waals surface area contributed by atoms with Gasteiger partial charge in [-0.05, 0) is 30.7 Å². The van der Waals surface area contributed by atoms with E-state index in [0.29, 0.717) is 38.2 Å². The van der Waals surface area contributed by atoms with Crippen LogP contribution in [0.1, 0.15) is 12.8 Å². The average molecular weight is 263 g/mol. The summed E-state index contributed by atoms with van der Waals surface area (Å²) < 4.78 is 4.80. The van der Waals surface area contributed by atoms with Crippen molar-refractivity contribution in [1.82, 2.24) is 4.90 Å². The van der Waals surface area contributed by atoms with E-state index in [4.69, 9.17) is 10.5 Å². The number of nitrogens with zero attached hydrogens (tertiary/aromatic N) is 1. The van der Waals surface area contributed by atoms with E-state index in [0.717, 1.165) is 5.69 Å². The third-order valence-electron chi connectivity index (χ3n) is 2.87. The minimum absolute atomic E-state index is 0.0719. The summed E-state index contributed by atoms with van der Waals surface area (Å²) in [5.41, 5.74) is 6.94. The van der Waals surface area contributed by atoms with E-state index in [1.807, 2.05) is 0 Å². The molecule has 0 atom stereocenters. The maximum absolute atomic E-state index is 11.7. The van der Waals surface area contributed by atoms with Gasteiger partial charge in [0.15, 0.2) is 0 Å². The number of nitrogens with two attached hydrogens (primary N) is 1. The molecule has 1 aliphatic heterocycles. The van der Waals surface area contributed by atoms with Gasteiger partial charge in [0.2, 0.25) is 5.91 Å². The number of rotatable bonds is 5. The van der Waals surface area contributed by atoms with Gasteiger partial charge in [0, 0.05) is 24.3 Å². The van der Waals surface area contributed by atoms with Crippen LogP contribution in [0.4, 0.5) is 16.2 Å². The summed E-state index contributed by atoms with van der Waals surface area (Å²) >= 11 is 0. The molecule has 102 valence electrons. The molecule has 1 saturated heterocycles. The maximum atomic E-state index is 11.7. The largest absolute Gasteiger partial charge is 0.448 e. The van der Waals surface area contributed by atoms with Crippen molar-refractivity contribution >= 4 is 23.4 Å². The minimum Gasteiger partial charge on any atom is -0.448 e. The number of ether oxygens (including phenoxy) is 1. The van der Waals surface area contributed by atoms with E-state index in [2.05, 4.69) is 5.32 Å². The molecule has 6 heteroatoms. The highest BCUT2D eigenvalue weighted by atomic mass is 16.6. The summed E-state index contributed by atoms with van der Waals surface area (Å²) in [6.45, 7) is 1.60. The lowest BCUT2D eigenvalue weighted by molar-refractivity contribution is -0.116. The van der Waals surface area contributed by atoms with Crippen LogP contribution in [0, 0.1) is 0 Å². The third-order valence-corrected chi connectivity index (χ3v) is 2.87. The Hall–Kier alpha value is -2.24. The smallest absolute Gasteiger partial charge is 0.409 e. The summed E-state index contributed by atoms with van der Waals surface area (Å²) in [4.78, 5) is 24.4. The quantitative estimate of drug-likeness (QED) is 0.787. The number of cyclic esters (lactones) is 1. The first-order valence-corrected chi connectivity index (χ1v) is 6.22. The molecule has 0 bridgehead atoms. The lowest BCUT2D eigenvalue weighted by Crippen LogP contribution is -2.26. The van der Waals surface area contributed by atoms with Crippen LogP contribution in [-0.4, -0.2) is 36.6 Å². The van der Waals surface area contributed by atoms with Gasteiger partial charge in [0.1, 0.15) is 6.61 Å². The number of hydrogen-bond acceptors (Lipinski definition) is 4. The zero-order chi connectivity index (χ0) is 13.7. The molecular weight excluding hydrogens is 246 g/mol. The molecule has 0 radical (unpaired) electrons. The summed E-state index contributed by atoms with van der Waals surface area (Å²) in [6.07, 6.45) is 0.697. The van der Waals surface area contributed by atoms with Crippen LogP contribution in [-0.2, 0) is 9.53 Å². The number of benzene rings is 1. The summed E-state index contributed by atoms with van der Waals surface area (Å²) in [5.74, 6) is -0.0719. The van der Waals surface area contributed by atoms with Gasteiger partial charge in [-0.3, -0.25) is 4.79 Å². The van der Waals surface area contributed by atoms with E-state index >= 15 is 0 Å². The summed E-state index contributed by atoms with van der Waals surface area (Å²) in [5, 5.41) is 2.78. The first-order chi connectivity index (χ1) is 9.15.